The molecule has 0 spiro atoms. The third-order valence-corrected chi connectivity index (χ3v) is 3.27. The largest absolute Gasteiger partial charge is 0.497 e. The zero-order valence-electron chi connectivity index (χ0n) is 11.5. The lowest BCUT2D eigenvalue weighted by atomic mass is 10.1. The van der Waals surface area contributed by atoms with E-state index in [2.05, 4.69) is 6.07 Å². The number of hydrogen-bond donors (Lipinski definition) is 0. The maximum Gasteiger partial charge on any atom is 0.145 e. The van der Waals surface area contributed by atoms with Gasteiger partial charge in [0.1, 0.15) is 17.0 Å². The number of rotatable bonds is 3. The molecule has 0 saturated carbocycles. The van der Waals surface area contributed by atoms with E-state index >= 15 is 0 Å². The Morgan fingerprint density at radius 3 is 2.50 bits per heavy atom. The number of ether oxygens (including phenoxy) is 2. The minimum Gasteiger partial charge on any atom is -0.497 e. The van der Waals surface area contributed by atoms with Crippen LogP contribution < -0.4 is 9.47 Å². The molecule has 0 bridgehead atoms. The fourth-order valence-electron chi connectivity index (χ4n) is 2.23. The molecule has 0 atom stereocenters. The van der Waals surface area contributed by atoms with Gasteiger partial charge >= 0.3 is 0 Å². The average molecular weight is 265 g/mol. The summed E-state index contributed by atoms with van der Waals surface area (Å²) >= 11 is 0. The third kappa shape index (κ3) is 2.18. The minimum absolute atomic E-state index is 0.784. The van der Waals surface area contributed by atoms with E-state index in [1.807, 2.05) is 48.5 Å². The maximum absolute atomic E-state index is 5.38. The van der Waals surface area contributed by atoms with Gasteiger partial charge in [-0.25, -0.2) is 4.98 Å². The Morgan fingerprint density at radius 1 is 0.850 bits per heavy atom. The second-order valence-electron chi connectivity index (χ2n) is 4.46. The van der Waals surface area contributed by atoms with Crippen LogP contribution in [0.5, 0.6) is 11.5 Å². The van der Waals surface area contributed by atoms with E-state index in [9.17, 15) is 0 Å². The summed E-state index contributed by atoms with van der Waals surface area (Å²) in [6, 6.07) is 17.9. The Balaban J connectivity index is 2.16. The molecule has 0 radical (unpaired) electrons. The van der Waals surface area contributed by atoms with Crippen molar-refractivity contribution in [3.05, 3.63) is 54.6 Å². The molecule has 3 heteroatoms. The Kier molecular flexibility index (Phi) is 3.25. The van der Waals surface area contributed by atoms with E-state index in [1.165, 1.54) is 0 Å². The Bertz CT molecular complexity index is 753. The van der Waals surface area contributed by atoms with Crippen molar-refractivity contribution in [2.45, 2.75) is 0 Å². The van der Waals surface area contributed by atoms with Crippen molar-refractivity contribution in [3.8, 4) is 22.8 Å². The number of pyridine rings is 1. The first-order valence-electron chi connectivity index (χ1n) is 6.40. The van der Waals surface area contributed by atoms with Gasteiger partial charge in [0.2, 0.25) is 0 Å². The summed E-state index contributed by atoms with van der Waals surface area (Å²) < 4.78 is 10.6. The van der Waals surface area contributed by atoms with Gasteiger partial charge in [0.05, 0.1) is 19.9 Å². The summed E-state index contributed by atoms with van der Waals surface area (Å²) in [5.41, 5.74) is 2.80. The van der Waals surface area contributed by atoms with Crippen molar-refractivity contribution in [2.75, 3.05) is 14.2 Å². The second-order valence-corrected chi connectivity index (χ2v) is 4.46. The molecule has 0 N–H and O–H groups in total. The first-order valence-corrected chi connectivity index (χ1v) is 6.40. The quantitative estimate of drug-likeness (QED) is 0.719. The van der Waals surface area contributed by atoms with Crippen molar-refractivity contribution >= 4 is 10.9 Å². The molecule has 3 rings (SSSR count). The summed E-state index contributed by atoms with van der Waals surface area (Å²) in [6.07, 6.45) is 0. The molecule has 20 heavy (non-hydrogen) atoms. The minimum atomic E-state index is 0.784. The fraction of sp³-hybridized carbons (Fsp3) is 0.118. The van der Waals surface area contributed by atoms with Crippen LogP contribution >= 0.6 is 0 Å². The van der Waals surface area contributed by atoms with Crippen LogP contribution in [0.15, 0.2) is 54.6 Å². The van der Waals surface area contributed by atoms with Crippen molar-refractivity contribution in [1.29, 1.82) is 0 Å². The predicted octanol–water partition coefficient (Wildman–Crippen LogP) is 3.92. The van der Waals surface area contributed by atoms with Crippen LogP contribution in [0, 0.1) is 0 Å². The number of fused-ring (bicyclic) bond motifs is 1. The molecule has 0 amide bonds. The van der Waals surface area contributed by atoms with Crippen molar-refractivity contribution in [3.63, 3.8) is 0 Å². The monoisotopic (exact) mass is 265 g/mol. The van der Waals surface area contributed by atoms with Gasteiger partial charge in [0.15, 0.2) is 0 Å². The maximum atomic E-state index is 5.38. The molecule has 3 aromatic rings. The highest BCUT2D eigenvalue weighted by atomic mass is 16.5. The number of methoxy groups -OCH3 is 2. The molecule has 1 aromatic heterocycles. The number of aromatic nitrogens is 1. The van der Waals surface area contributed by atoms with E-state index in [4.69, 9.17) is 14.5 Å². The summed E-state index contributed by atoms with van der Waals surface area (Å²) in [5, 5.41) is 1.07. The Hall–Kier alpha value is -2.55. The molecule has 2 aromatic carbocycles. The topological polar surface area (TPSA) is 31.4 Å². The zero-order chi connectivity index (χ0) is 13.9. The highest BCUT2D eigenvalue weighted by Gasteiger charge is 2.06. The van der Waals surface area contributed by atoms with Crippen molar-refractivity contribution in [2.24, 2.45) is 0 Å². The van der Waals surface area contributed by atoms with E-state index in [-0.39, 0.29) is 0 Å². The van der Waals surface area contributed by atoms with Crippen molar-refractivity contribution in [1.82, 2.24) is 4.98 Å². The van der Waals surface area contributed by atoms with Gasteiger partial charge < -0.3 is 9.47 Å². The lowest BCUT2D eigenvalue weighted by Gasteiger charge is -2.08. The summed E-state index contributed by atoms with van der Waals surface area (Å²) in [6.45, 7) is 0. The summed E-state index contributed by atoms with van der Waals surface area (Å²) in [7, 11) is 3.32. The smallest absolute Gasteiger partial charge is 0.145 e. The molecule has 0 fully saturated rings. The molecule has 0 aliphatic rings. The Morgan fingerprint density at radius 2 is 1.70 bits per heavy atom. The molecular formula is C17H15NO2. The molecule has 0 saturated heterocycles. The van der Waals surface area contributed by atoms with Crippen LogP contribution in [0.25, 0.3) is 22.2 Å². The highest BCUT2D eigenvalue weighted by Crippen LogP contribution is 2.28. The van der Waals surface area contributed by atoms with Crippen LogP contribution in [-0.4, -0.2) is 19.2 Å². The molecule has 100 valence electrons. The highest BCUT2D eigenvalue weighted by molar-refractivity contribution is 5.86. The molecule has 0 unspecified atom stereocenters. The summed E-state index contributed by atoms with van der Waals surface area (Å²) in [4.78, 5) is 4.71. The Labute approximate surface area is 117 Å². The first kappa shape index (κ1) is 12.5. The average Bonchev–Trinajstić information content (AvgIpc) is 2.53. The predicted molar refractivity (Wildman–Crippen MR) is 80.3 cm³/mol. The first-order chi connectivity index (χ1) is 9.81. The molecule has 3 nitrogen and oxygen atoms in total. The van der Waals surface area contributed by atoms with E-state index < -0.39 is 0 Å². The number of benzene rings is 2. The van der Waals surface area contributed by atoms with Crippen LogP contribution in [0.1, 0.15) is 0 Å². The van der Waals surface area contributed by atoms with Crippen LogP contribution in [0.4, 0.5) is 0 Å². The standard InChI is InChI=1S/C17H15NO2/c1-19-14-7-3-6-13(11-14)15-10-9-12-5-4-8-16(20-2)17(12)18-15/h3-11H,1-2H3. The second kappa shape index (κ2) is 5.21. The fourth-order valence-corrected chi connectivity index (χ4v) is 2.23. The molecule has 0 aliphatic carbocycles. The van der Waals surface area contributed by atoms with E-state index in [0.717, 1.165) is 33.7 Å². The van der Waals surface area contributed by atoms with Gasteiger partial charge in [0, 0.05) is 10.9 Å². The van der Waals surface area contributed by atoms with Crippen molar-refractivity contribution < 1.29 is 9.47 Å². The molecule has 1 heterocycles. The van der Waals surface area contributed by atoms with Gasteiger partial charge in [0.25, 0.3) is 0 Å². The molecule has 0 aliphatic heterocycles. The van der Waals surface area contributed by atoms with Gasteiger partial charge in [-0.2, -0.15) is 0 Å². The SMILES string of the molecule is COc1cccc(-c2ccc3cccc(OC)c3n2)c1. The zero-order valence-corrected chi connectivity index (χ0v) is 11.5. The van der Waals surface area contributed by atoms with Crippen LogP contribution in [0.3, 0.4) is 0 Å². The lowest BCUT2D eigenvalue weighted by molar-refractivity contribution is 0.415. The summed E-state index contributed by atoms with van der Waals surface area (Å²) in [5.74, 6) is 1.61. The van der Waals surface area contributed by atoms with Gasteiger partial charge in [-0.15, -0.1) is 0 Å². The number of nitrogens with zero attached hydrogens (tertiary/aromatic N) is 1. The third-order valence-electron chi connectivity index (χ3n) is 3.27. The van der Waals surface area contributed by atoms with Gasteiger partial charge in [-0.1, -0.05) is 30.3 Å². The van der Waals surface area contributed by atoms with Crippen LogP contribution in [-0.2, 0) is 0 Å². The lowest BCUT2D eigenvalue weighted by Crippen LogP contribution is -1.90. The molecular weight excluding hydrogens is 250 g/mol. The number of para-hydroxylation sites is 1. The van der Waals surface area contributed by atoms with Gasteiger partial charge in [-0.05, 0) is 24.3 Å². The van der Waals surface area contributed by atoms with E-state index in [0.29, 0.717) is 0 Å². The normalized spacial score (nSPS) is 10.5. The van der Waals surface area contributed by atoms with Crippen LogP contribution in [0.2, 0.25) is 0 Å². The van der Waals surface area contributed by atoms with E-state index in [1.54, 1.807) is 14.2 Å². The van der Waals surface area contributed by atoms with Gasteiger partial charge in [-0.3, -0.25) is 0 Å². The number of hydrogen-bond acceptors (Lipinski definition) is 3.